The number of ether oxygens (including phenoxy) is 3. The summed E-state index contributed by atoms with van der Waals surface area (Å²) in [6.45, 7) is 1.77. The molecule has 0 aromatic heterocycles. The van der Waals surface area contributed by atoms with Crippen molar-refractivity contribution in [1.29, 1.82) is 0 Å². The largest absolute Gasteiger partial charge is 0.497 e. The second kappa shape index (κ2) is 7.78. The Hall–Kier alpha value is -1.56. The molecule has 0 spiro atoms. The predicted octanol–water partition coefficient (Wildman–Crippen LogP) is 2.36. The Morgan fingerprint density at radius 2 is 2.05 bits per heavy atom. The highest BCUT2D eigenvalue weighted by Crippen LogP contribution is 2.29. The van der Waals surface area contributed by atoms with Crippen LogP contribution in [-0.4, -0.2) is 32.1 Å². The summed E-state index contributed by atoms with van der Waals surface area (Å²) in [5, 5.41) is 0. The summed E-state index contributed by atoms with van der Waals surface area (Å²) in [4.78, 5) is 22.6. The molecule has 0 saturated heterocycles. The zero-order valence-corrected chi connectivity index (χ0v) is 12.4. The molecule has 1 rings (SSSR count). The maximum atomic E-state index is 11.5. The molecule has 1 aromatic rings. The zero-order valence-electron chi connectivity index (χ0n) is 10.8. The number of carbonyl (C=O) groups is 2. The Kier molecular flexibility index (Phi) is 6.35. The molecule has 0 saturated carbocycles. The number of hydrogen-bond acceptors (Lipinski definition) is 5. The smallest absolute Gasteiger partial charge is 0.313 e. The minimum Gasteiger partial charge on any atom is -0.497 e. The van der Waals surface area contributed by atoms with E-state index in [1.54, 1.807) is 32.2 Å². The lowest BCUT2D eigenvalue weighted by atomic mass is 10.3. The van der Waals surface area contributed by atoms with Crippen molar-refractivity contribution in [2.45, 2.75) is 13.3 Å². The quantitative estimate of drug-likeness (QED) is 0.567. The second-order valence-electron chi connectivity index (χ2n) is 3.61. The van der Waals surface area contributed by atoms with Crippen LogP contribution in [-0.2, 0) is 14.3 Å². The van der Waals surface area contributed by atoms with Crippen LogP contribution in [0.4, 0.5) is 0 Å². The van der Waals surface area contributed by atoms with Crippen molar-refractivity contribution in [3.63, 3.8) is 0 Å². The van der Waals surface area contributed by atoms with E-state index in [4.69, 9.17) is 9.47 Å². The van der Waals surface area contributed by atoms with Crippen molar-refractivity contribution in [1.82, 2.24) is 0 Å². The fourth-order valence-electron chi connectivity index (χ4n) is 1.31. The molecule has 0 fully saturated rings. The third-order valence-electron chi connectivity index (χ3n) is 2.17. The van der Waals surface area contributed by atoms with E-state index in [1.165, 1.54) is 0 Å². The molecule has 0 radical (unpaired) electrons. The van der Waals surface area contributed by atoms with Crippen LogP contribution in [0.25, 0.3) is 0 Å². The van der Waals surface area contributed by atoms with Gasteiger partial charge in [0.2, 0.25) is 0 Å². The van der Waals surface area contributed by atoms with Gasteiger partial charge in [-0.1, -0.05) is 0 Å². The Bertz CT molecular complexity index is 458. The van der Waals surface area contributed by atoms with Crippen LogP contribution in [0.3, 0.4) is 0 Å². The molecule has 19 heavy (non-hydrogen) atoms. The number of ketones is 1. The number of methoxy groups -OCH3 is 1. The minimum absolute atomic E-state index is 0.177. The number of hydrogen-bond donors (Lipinski definition) is 0. The molecule has 1 aromatic carbocycles. The van der Waals surface area contributed by atoms with E-state index in [1.807, 2.05) is 0 Å². The average Bonchev–Trinajstić information content (AvgIpc) is 2.37. The number of halogens is 1. The maximum Gasteiger partial charge on any atom is 0.313 e. The fourth-order valence-corrected chi connectivity index (χ4v) is 1.78. The summed E-state index contributed by atoms with van der Waals surface area (Å²) in [6.07, 6.45) is -0.276. The van der Waals surface area contributed by atoms with E-state index in [-0.39, 0.29) is 25.4 Å². The number of rotatable bonds is 7. The van der Waals surface area contributed by atoms with Crippen LogP contribution in [0.15, 0.2) is 22.7 Å². The molecular formula is C13H15BrO5. The third kappa shape index (κ3) is 5.30. The van der Waals surface area contributed by atoms with Crippen molar-refractivity contribution in [3.05, 3.63) is 22.7 Å². The Morgan fingerprint density at radius 1 is 1.32 bits per heavy atom. The van der Waals surface area contributed by atoms with E-state index in [0.29, 0.717) is 16.0 Å². The van der Waals surface area contributed by atoms with Gasteiger partial charge in [-0.25, -0.2) is 0 Å². The van der Waals surface area contributed by atoms with E-state index in [2.05, 4.69) is 20.7 Å². The Morgan fingerprint density at radius 3 is 2.63 bits per heavy atom. The summed E-state index contributed by atoms with van der Waals surface area (Å²) in [5.74, 6) is 0.321. The number of benzene rings is 1. The Labute approximate surface area is 120 Å². The van der Waals surface area contributed by atoms with E-state index >= 15 is 0 Å². The topological polar surface area (TPSA) is 61.8 Å². The van der Waals surface area contributed by atoms with Gasteiger partial charge in [0.25, 0.3) is 0 Å². The summed E-state index contributed by atoms with van der Waals surface area (Å²) < 4.78 is 15.7. The van der Waals surface area contributed by atoms with Crippen LogP contribution in [0.1, 0.15) is 13.3 Å². The van der Waals surface area contributed by atoms with Crippen LogP contribution < -0.4 is 9.47 Å². The molecule has 0 aliphatic rings. The van der Waals surface area contributed by atoms with Gasteiger partial charge in [0.1, 0.15) is 24.5 Å². The van der Waals surface area contributed by atoms with Crippen LogP contribution in [0.2, 0.25) is 0 Å². The van der Waals surface area contributed by atoms with E-state index < -0.39 is 5.97 Å². The molecule has 0 N–H and O–H groups in total. The van der Waals surface area contributed by atoms with E-state index in [0.717, 1.165) is 0 Å². The molecule has 5 nitrogen and oxygen atoms in total. The lowest BCUT2D eigenvalue weighted by Crippen LogP contribution is -2.17. The first kappa shape index (κ1) is 15.5. The first-order valence-corrected chi connectivity index (χ1v) is 6.49. The van der Waals surface area contributed by atoms with Crippen molar-refractivity contribution >= 4 is 27.7 Å². The third-order valence-corrected chi connectivity index (χ3v) is 2.79. The van der Waals surface area contributed by atoms with Crippen molar-refractivity contribution in [2.75, 3.05) is 20.3 Å². The lowest BCUT2D eigenvalue weighted by Gasteiger charge is -2.08. The maximum absolute atomic E-state index is 11.5. The van der Waals surface area contributed by atoms with Gasteiger partial charge in [-0.05, 0) is 41.1 Å². The van der Waals surface area contributed by atoms with Gasteiger partial charge in [0.15, 0.2) is 5.78 Å². The first-order chi connectivity index (χ1) is 9.06. The highest BCUT2D eigenvalue weighted by atomic mass is 79.9. The molecule has 104 valence electrons. The molecule has 0 amide bonds. The molecule has 0 unspecified atom stereocenters. The SMILES string of the molecule is CCOC(=O)CC(=O)COc1ccc(OC)cc1Br. The molecule has 0 aliphatic heterocycles. The highest BCUT2D eigenvalue weighted by molar-refractivity contribution is 9.10. The number of carbonyl (C=O) groups excluding carboxylic acids is 2. The van der Waals surface area contributed by atoms with Crippen LogP contribution in [0, 0.1) is 0 Å². The predicted molar refractivity (Wildman–Crippen MR) is 72.4 cm³/mol. The molecular weight excluding hydrogens is 316 g/mol. The van der Waals surface area contributed by atoms with Gasteiger partial charge in [-0.15, -0.1) is 0 Å². The van der Waals surface area contributed by atoms with Crippen LogP contribution in [0.5, 0.6) is 11.5 Å². The number of esters is 1. The standard InChI is InChI=1S/C13H15BrO5/c1-3-18-13(16)6-9(15)8-19-12-5-4-10(17-2)7-11(12)14/h4-5,7H,3,6,8H2,1-2H3. The van der Waals surface area contributed by atoms with Gasteiger partial charge >= 0.3 is 5.97 Å². The van der Waals surface area contributed by atoms with Gasteiger partial charge in [0, 0.05) is 0 Å². The normalized spacial score (nSPS) is 9.84. The molecule has 0 atom stereocenters. The molecule has 0 heterocycles. The van der Waals surface area contributed by atoms with Gasteiger partial charge < -0.3 is 14.2 Å². The summed E-state index contributed by atoms with van der Waals surface area (Å²) in [7, 11) is 1.56. The Balaban J connectivity index is 2.48. The van der Waals surface area contributed by atoms with Crippen molar-refractivity contribution < 1.29 is 23.8 Å². The molecule has 6 heteroatoms. The first-order valence-electron chi connectivity index (χ1n) is 5.70. The van der Waals surface area contributed by atoms with Gasteiger partial charge in [-0.2, -0.15) is 0 Å². The van der Waals surface area contributed by atoms with Gasteiger partial charge in [0.05, 0.1) is 18.2 Å². The summed E-state index contributed by atoms with van der Waals surface area (Å²) in [6, 6.07) is 5.13. The summed E-state index contributed by atoms with van der Waals surface area (Å²) >= 11 is 3.31. The number of Topliss-reactive ketones (excluding diaryl/α,β-unsaturated/α-hetero) is 1. The molecule has 0 aliphatic carbocycles. The lowest BCUT2D eigenvalue weighted by molar-refractivity contribution is -0.145. The zero-order chi connectivity index (χ0) is 14.3. The van der Waals surface area contributed by atoms with Crippen LogP contribution >= 0.6 is 15.9 Å². The second-order valence-corrected chi connectivity index (χ2v) is 4.46. The highest BCUT2D eigenvalue weighted by Gasteiger charge is 2.12. The van der Waals surface area contributed by atoms with Gasteiger partial charge in [-0.3, -0.25) is 9.59 Å². The minimum atomic E-state index is -0.537. The fraction of sp³-hybridized carbons (Fsp3) is 0.385. The van der Waals surface area contributed by atoms with Crippen molar-refractivity contribution in [2.24, 2.45) is 0 Å². The van der Waals surface area contributed by atoms with E-state index in [9.17, 15) is 9.59 Å². The molecule has 0 bridgehead atoms. The van der Waals surface area contributed by atoms with Crippen molar-refractivity contribution in [3.8, 4) is 11.5 Å². The monoisotopic (exact) mass is 330 g/mol. The average molecular weight is 331 g/mol. The summed E-state index contributed by atoms with van der Waals surface area (Å²) in [5.41, 5.74) is 0.